The van der Waals surface area contributed by atoms with Crippen molar-refractivity contribution < 1.29 is 0 Å². The Morgan fingerprint density at radius 3 is 3.11 bits per heavy atom. The van der Waals surface area contributed by atoms with Gasteiger partial charge in [0.25, 0.3) is 0 Å². The van der Waals surface area contributed by atoms with Crippen molar-refractivity contribution in [1.82, 2.24) is 0 Å². The molecule has 0 radical (unpaired) electrons. The van der Waals surface area contributed by atoms with Crippen LogP contribution in [0.15, 0.2) is 11.6 Å². The first-order chi connectivity index (χ1) is 4.36. The van der Waals surface area contributed by atoms with Gasteiger partial charge in [0.05, 0.1) is 0 Å². The molecule has 50 valence electrons. The van der Waals surface area contributed by atoms with Gasteiger partial charge in [-0.3, -0.25) is 0 Å². The zero-order valence-corrected chi connectivity index (χ0v) is 5.64. The monoisotopic (exact) mass is 123 g/mol. The van der Waals surface area contributed by atoms with Gasteiger partial charge >= 0.3 is 0 Å². The Labute approximate surface area is 55.9 Å². The molecule has 1 unspecified atom stereocenters. The summed E-state index contributed by atoms with van der Waals surface area (Å²) in [5.74, 6) is 0.814. The van der Waals surface area contributed by atoms with Crippen molar-refractivity contribution in [3.05, 3.63) is 11.6 Å². The Bertz CT molecular complexity index is 149. The summed E-state index contributed by atoms with van der Waals surface area (Å²) >= 11 is 0. The van der Waals surface area contributed by atoms with Crippen LogP contribution in [0, 0.1) is 5.92 Å². The van der Waals surface area contributed by atoms with E-state index in [1.165, 1.54) is 25.7 Å². The molecule has 2 aliphatic carbocycles. The molecular formula is C8H13N. The number of nitrogens with two attached hydrogens (primary N) is 1. The van der Waals surface area contributed by atoms with Crippen LogP contribution in [0.5, 0.6) is 0 Å². The lowest BCUT2D eigenvalue weighted by molar-refractivity contribution is 0.419. The lowest BCUT2D eigenvalue weighted by Gasteiger charge is -2.18. The summed E-state index contributed by atoms with van der Waals surface area (Å²) in [7, 11) is 0. The summed E-state index contributed by atoms with van der Waals surface area (Å²) in [6.07, 6.45) is 7.65. The first-order valence-electron chi connectivity index (χ1n) is 3.81. The summed E-state index contributed by atoms with van der Waals surface area (Å²) in [5.41, 5.74) is 7.47. The fourth-order valence-electron chi connectivity index (χ4n) is 2.02. The normalized spacial score (nSPS) is 40.8. The van der Waals surface area contributed by atoms with E-state index in [1.807, 2.05) is 0 Å². The second kappa shape index (κ2) is 1.84. The van der Waals surface area contributed by atoms with Gasteiger partial charge < -0.3 is 5.73 Å². The number of allylic oxidation sites excluding steroid dienone is 1. The minimum absolute atomic E-state index is 0.405. The van der Waals surface area contributed by atoms with Gasteiger partial charge in [-0.05, 0) is 31.6 Å². The zero-order chi connectivity index (χ0) is 6.27. The van der Waals surface area contributed by atoms with E-state index in [9.17, 15) is 0 Å². The van der Waals surface area contributed by atoms with Crippen molar-refractivity contribution in [2.45, 2.75) is 31.7 Å². The van der Waals surface area contributed by atoms with Crippen LogP contribution in [0.3, 0.4) is 0 Å². The number of rotatable bonds is 0. The molecule has 0 amide bonds. The third-order valence-electron chi connectivity index (χ3n) is 2.57. The van der Waals surface area contributed by atoms with E-state index < -0.39 is 0 Å². The van der Waals surface area contributed by atoms with Gasteiger partial charge in [-0.1, -0.05) is 11.6 Å². The van der Waals surface area contributed by atoms with Crippen molar-refractivity contribution in [2.24, 2.45) is 11.7 Å². The Hall–Kier alpha value is -0.300. The van der Waals surface area contributed by atoms with Crippen LogP contribution in [-0.4, -0.2) is 6.04 Å². The molecule has 2 N–H and O–H groups in total. The van der Waals surface area contributed by atoms with Gasteiger partial charge in [0.2, 0.25) is 0 Å². The Kier molecular flexibility index (Phi) is 1.12. The van der Waals surface area contributed by atoms with Crippen LogP contribution in [-0.2, 0) is 0 Å². The first-order valence-corrected chi connectivity index (χ1v) is 3.81. The molecule has 1 nitrogen and oxygen atoms in total. The van der Waals surface area contributed by atoms with Crippen LogP contribution >= 0.6 is 0 Å². The predicted molar refractivity (Wildman–Crippen MR) is 38.0 cm³/mol. The van der Waals surface area contributed by atoms with Crippen molar-refractivity contribution in [1.29, 1.82) is 0 Å². The Balaban J connectivity index is 2.19. The quantitative estimate of drug-likeness (QED) is 0.485. The highest BCUT2D eigenvalue weighted by atomic mass is 14.7. The molecule has 0 spiro atoms. The lowest BCUT2D eigenvalue weighted by Crippen LogP contribution is -2.24. The van der Waals surface area contributed by atoms with E-state index in [-0.39, 0.29) is 0 Å². The molecule has 0 aromatic rings. The topological polar surface area (TPSA) is 26.0 Å². The predicted octanol–water partition coefficient (Wildman–Crippen LogP) is 1.44. The van der Waals surface area contributed by atoms with Gasteiger partial charge in [-0.25, -0.2) is 0 Å². The Morgan fingerprint density at radius 2 is 2.44 bits per heavy atom. The smallest absolute Gasteiger partial charge is 0.0258 e. The fourth-order valence-corrected chi connectivity index (χ4v) is 2.02. The van der Waals surface area contributed by atoms with E-state index in [0.717, 1.165) is 5.92 Å². The van der Waals surface area contributed by atoms with E-state index >= 15 is 0 Å². The third kappa shape index (κ3) is 0.799. The molecular weight excluding hydrogens is 110 g/mol. The van der Waals surface area contributed by atoms with Crippen LogP contribution in [0.2, 0.25) is 0 Å². The molecule has 1 fully saturated rings. The largest absolute Gasteiger partial charge is 0.324 e. The highest BCUT2D eigenvalue weighted by Gasteiger charge is 2.27. The van der Waals surface area contributed by atoms with Crippen molar-refractivity contribution in [2.75, 3.05) is 0 Å². The molecule has 0 heterocycles. The molecule has 2 atom stereocenters. The van der Waals surface area contributed by atoms with E-state index in [4.69, 9.17) is 5.73 Å². The third-order valence-corrected chi connectivity index (χ3v) is 2.57. The van der Waals surface area contributed by atoms with Crippen molar-refractivity contribution in [3.8, 4) is 0 Å². The second-order valence-corrected chi connectivity index (χ2v) is 3.26. The molecule has 9 heavy (non-hydrogen) atoms. The standard InChI is InChI=1S/C8H13N/c9-8-5-6-2-1-3-7(8)4-6/h5,7-8H,1-4,9H2/t7?,8-/m1/s1. The Morgan fingerprint density at radius 1 is 1.56 bits per heavy atom. The van der Waals surface area contributed by atoms with Gasteiger partial charge in [0.15, 0.2) is 0 Å². The summed E-state index contributed by atoms with van der Waals surface area (Å²) in [5, 5.41) is 0. The maximum atomic E-state index is 5.84. The average molecular weight is 123 g/mol. The highest BCUT2D eigenvalue weighted by molar-refractivity contribution is 5.18. The van der Waals surface area contributed by atoms with E-state index in [2.05, 4.69) is 6.08 Å². The van der Waals surface area contributed by atoms with Crippen molar-refractivity contribution >= 4 is 0 Å². The summed E-state index contributed by atoms with van der Waals surface area (Å²) in [6, 6.07) is 0.405. The minimum Gasteiger partial charge on any atom is -0.324 e. The molecule has 0 aliphatic heterocycles. The van der Waals surface area contributed by atoms with Crippen LogP contribution in [0.25, 0.3) is 0 Å². The van der Waals surface area contributed by atoms with Crippen LogP contribution in [0.1, 0.15) is 25.7 Å². The fraction of sp³-hybridized carbons (Fsp3) is 0.750. The van der Waals surface area contributed by atoms with Gasteiger partial charge in [0.1, 0.15) is 0 Å². The molecule has 2 aliphatic rings. The van der Waals surface area contributed by atoms with Gasteiger partial charge in [-0.2, -0.15) is 0 Å². The second-order valence-electron chi connectivity index (χ2n) is 3.26. The number of hydrogen-bond acceptors (Lipinski definition) is 1. The van der Waals surface area contributed by atoms with E-state index in [1.54, 1.807) is 5.57 Å². The van der Waals surface area contributed by atoms with Gasteiger partial charge in [-0.15, -0.1) is 0 Å². The molecule has 0 saturated heterocycles. The van der Waals surface area contributed by atoms with E-state index in [0.29, 0.717) is 6.04 Å². The molecule has 2 bridgehead atoms. The lowest BCUT2D eigenvalue weighted by atomic mass is 9.89. The molecule has 0 aromatic heterocycles. The average Bonchev–Trinajstić information content (AvgIpc) is 2.09. The molecule has 0 aromatic carbocycles. The van der Waals surface area contributed by atoms with Crippen LogP contribution in [0.4, 0.5) is 0 Å². The molecule has 1 saturated carbocycles. The summed E-state index contributed by atoms with van der Waals surface area (Å²) in [4.78, 5) is 0. The molecule has 2 rings (SSSR count). The number of hydrogen-bond donors (Lipinski definition) is 1. The summed E-state index contributed by atoms with van der Waals surface area (Å²) in [6.45, 7) is 0. The van der Waals surface area contributed by atoms with Gasteiger partial charge in [0, 0.05) is 6.04 Å². The minimum atomic E-state index is 0.405. The SMILES string of the molecule is N[C@@H]1C=C2CCCC1C2. The first kappa shape index (κ1) is 5.48. The summed E-state index contributed by atoms with van der Waals surface area (Å²) < 4.78 is 0. The maximum Gasteiger partial charge on any atom is 0.0258 e. The molecule has 1 heteroatoms. The maximum absolute atomic E-state index is 5.84. The highest BCUT2D eigenvalue weighted by Crippen LogP contribution is 2.36. The zero-order valence-electron chi connectivity index (χ0n) is 5.64. The van der Waals surface area contributed by atoms with Crippen molar-refractivity contribution in [3.63, 3.8) is 0 Å². The number of fused-ring (bicyclic) bond motifs is 2. The van der Waals surface area contributed by atoms with Crippen LogP contribution < -0.4 is 5.73 Å².